The Hall–Kier alpha value is 0.680. The van der Waals surface area contributed by atoms with E-state index < -0.39 is 0 Å². The molecule has 1 heterocycles. The van der Waals surface area contributed by atoms with Gasteiger partial charge in [-0.15, -0.1) is 24.8 Å². The summed E-state index contributed by atoms with van der Waals surface area (Å²) in [5, 5.41) is 3.44. The molecule has 0 saturated carbocycles. The van der Waals surface area contributed by atoms with E-state index in [1.54, 1.807) is 0 Å². The van der Waals surface area contributed by atoms with Gasteiger partial charge in [-0.3, -0.25) is 4.90 Å². The Morgan fingerprint density at radius 2 is 1.81 bits per heavy atom. The monoisotopic (exact) mass is 460 g/mol. The first-order chi connectivity index (χ1) is 9.22. The van der Waals surface area contributed by atoms with Crippen LogP contribution in [0.2, 0.25) is 0 Å². The van der Waals surface area contributed by atoms with Gasteiger partial charge in [0.2, 0.25) is 0 Å². The lowest BCUT2D eigenvalue weighted by atomic mass is 9.99. The molecule has 0 bridgehead atoms. The van der Waals surface area contributed by atoms with E-state index in [-0.39, 0.29) is 24.8 Å². The van der Waals surface area contributed by atoms with E-state index in [4.69, 9.17) is 0 Å². The lowest BCUT2D eigenvalue weighted by Gasteiger charge is -2.35. The smallest absolute Gasteiger partial charge is 0.0349 e. The maximum Gasteiger partial charge on any atom is 0.0349 e. The molecule has 1 fully saturated rings. The molecular weight excluding hydrogens is 439 g/mol. The highest BCUT2D eigenvalue weighted by molar-refractivity contribution is 9.13. The van der Waals surface area contributed by atoms with Crippen LogP contribution in [0.5, 0.6) is 0 Å². The maximum absolute atomic E-state index is 3.63. The fourth-order valence-corrected chi connectivity index (χ4v) is 3.31. The van der Waals surface area contributed by atoms with Crippen molar-refractivity contribution in [2.45, 2.75) is 32.2 Å². The minimum absolute atomic E-state index is 0. The number of hydrogen-bond donors (Lipinski definition) is 1. The van der Waals surface area contributed by atoms with Gasteiger partial charge in [0.05, 0.1) is 0 Å². The number of rotatable bonds is 5. The molecule has 2 rings (SSSR count). The zero-order chi connectivity index (χ0) is 13.7. The Balaban J connectivity index is 0.00000200. The SMILES string of the molecule is CCCC[C@@H](c1ccc(Br)c(Br)c1)N1CCNCC1.Cl.Cl. The summed E-state index contributed by atoms with van der Waals surface area (Å²) in [6.45, 7) is 6.80. The first-order valence-corrected chi connectivity index (χ1v) is 8.70. The van der Waals surface area contributed by atoms with Crippen LogP contribution in [0.25, 0.3) is 0 Å². The molecule has 0 aliphatic carbocycles. The molecule has 1 aromatic carbocycles. The van der Waals surface area contributed by atoms with Crippen molar-refractivity contribution in [3.8, 4) is 0 Å². The molecule has 21 heavy (non-hydrogen) atoms. The van der Waals surface area contributed by atoms with Gasteiger partial charge in [-0.1, -0.05) is 25.8 Å². The van der Waals surface area contributed by atoms with Crippen LogP contribution in [0.3, 0.4) is 0 Å². The fourth-order valence-electron chi connectivity index (χ4n) is 2.67. The van der Waals surface area contributed by atoms with Gasteiger partial charge in [0.15, 0.2) is 0 Å². The second-order valence-electron chi connectivity index (χ2n) is 5.12. The minimum atomic E-state index is 0. The van der Waals surface area contributed by atoms with Gasteiger partial charge < -0.3 is 5.32 Å². The predicted octanol–water partition coefficient (Wildman–Crippen LogP) is 5.19. The van der Waals surface area contributed by atoms with Crippen molar-refractivity contribution < 1.29 is 0 Å². The molecule has 0 aromatic heterocycles. The molecule has 0 spiro atoms. The average Bonchev–Trinajstić information content (AvgIpc) is 2.44. The summed E-state index contributed by atoms with van der Waals surface area (Å²) in [6.07, 6.45) is 3.81. The molecule has 1 atom stereocenters. The van der Waals surface area contributed by atoms with Crippen molar-refractivity contribution in [2.24, 2.45) is 0 Å². The molecule has 0 radical (unpaired) electrons. The molecular formula is C15H24Br2Cl2N2. The van der Waals surface area contributed by atoms with Gasteiger partial charge >= 0.3 is 0 Å². The number of piperazine rings is 1. The second-order valence-corrected chi connectivity index (χ2v) is 6.83. The highest BCUT2D eigenvalue weighted by atomic mass is 79.9. The van der Waals surface area contributed by atoms with E-state index in [0.29, 0.717) is 6.04 Å². The van der Waals surface area contributed by atoms with E-state index in [1.165, 1.54) is 24.8 Å². The molecule has 0 unspecified atom stereocenters. The molecule has 1 aliphatic heterocycles. The third-order valence-electron chi connectivity index (χ3n) is 3.75. The predicted molar refractivity (Wildman–Crippen MR) is 103 cm³/mol. The van der Waals surface area contributed by atoms with E-state index in [1.807, 2.05) is 0 Å². The minimum Gasteiger partial charge on any atom is -0.314 e. The van der Waals surface area contributed by atoms with Crippen LogP contribution in [0.15, 0.2) is 27.1 Å². The summed E-state index contributed by atoms with van der Waals surface area (Å²) in [6, 6.07) is 7.25. The lowest BCUT2D eigenvalue weighted by Crippen LogP contribution is -2.45. The number of halogens is 4. The van der Waals surface area contributed by atoms with Gasteiger partial charge in [-0.05, 0) is 56.0 Å². The van der Waals surface area contributed by atoms with E-state index >= 15 is 0 Å². The Labute approximate surface area is 157 Å². The number of unbranched alkanes of at least 4 members (excludes halogenated alkanes) is 1. The van der Waals surface area contributed by atoms with Crippen molar-refractivity contribution >= 4 is 56.7 Å². The molecule has 2 nitrogen and oxygen atoms in total. The Morgan fingerprint density at radius 1 is 1.14 bits per heavy atom. The summed E-state index contributed by atoms with van der Waals surface area (Å²) in [5.74, 6) is 0. The van der Waals surface area contributed by atoms with E-state index in [2.05, 4.69) is 67.2 Å². The van der Waals surface area contributed by atoms with Crippen molar-refractivity contribution in [1.82, 2.24) is 10.2 Å². The van der Waals surface area contributed by atoms with Crippen LogP contribution in [0.1, 0.15) is 37.8 Å². The largest absolute Gasteiger partial charge is 0.314 e. The molecule has 1 saturated heterocycles. The first kappa shape index (κ1) is 21.7. The van der Waals surface area contributed by atoms with Crippen molar-refractivity contribution in [2.75, 3.05) is 26.2 Å². The van der Waals surface area contributed by atoms with Gasteiger partial charge in [-0.2, -0.15) is 0 Å². The third kappa shape index (κ3) is 6.36. The highest BCUT2D eigenvalue weighted by Crippen LogP contribution is 2.31. The van der Waals surface area contributed by atoms with Crippen LogP contribution in [-0.2, 0) is 0 Å². The molecule has 0 amide bonds. The van der Waals surface area contributed by atoms with Crippen molar-refractivity contribution in [1.29, 1.82) is 0 Å². The summed E-state index contributed by atoms with van der Waals surface area (Å²) in [7, 11) is 0. The quantitative estimate of drug-likeness (QED) is 0.647. The van der Waals surface area contributed by atoms with Crippen LogP contribution >= 0.6 is 56.7 Å². The van der Waals surface area contributed by atoms with Gasteiger partial charge in [0.1, 0.15) is 0 Å². The molecule has 1 aromatic rings. The van der Waals surface area contributed by atoms with Crippen molar-refractivity contribution in [3.63, 3.8) is 0 Å². The van der Waals surface area contributed by atoms with Gasteiger partial charge in [0, 0.05) is 41.2 Å². The van der Waals surface area contributed by atoms with E-state index in [9.17, 15) is 0 Å². The Bertz CT molecular complexity index is 413. The molecule has 1 N–H and O–H groups in total. The third-order valence-corrected chi connectivity index (χ3v) is 5.63. The Kier molecular flexibility index (Phi) is 11.6. The Morgan fingerprint density at radius 3 is 2.38 bits per heavy atom. The van der Waals surface area contributed by atoms with Crippen molar-refractivity contribution in [3.05, 3.63) is 32.7 Å². The highest BCUT2D eigenvalue weighted by Gasteiger charge is 2.22. The van der Waals surface area contributed by atoms with Crippen LogP contribution in [-0.4, -0.2) is 31.1 Å². The fraction of sp³-hybridized carbons (Fsp3) is 0.600. The topological polar surface area (TPSA) is 15.3 Å². The number of benzene rings is 1. The number of nitrogens with zero attached hydrogens (tertiary/aromatic N) is 1. The summed E-state index contributed by atoms with van der Waals surface area (Å²) < 4.78 is 2.28. The zero-order valence-corrected chi connectivity index (χ0v) is 17.1. The van der Waals surface area contributed by atoms with Crippen LogP contribution in [0, 0.1) is 0 Å². The second kappa shape index (κ2) is 11.3. The number of nitrogens with one attached hydrogen (secondary N) is 1. The normalized spacial score (nSPS) is 16.7. The molecule has 122 valence electrons. The molecule has 6 heteroatoms. The first-order valence-electron chi connectivity index (χ1n) is 7.12. The summed E-state index contributed by atoms with van der Waals surface area (Å²) in [5.41, 5.74) is 1.44. The maximum atomic E-state index is 3.63. The standard InChI is InChI=1S/C15H22Br2N2.2ClH/c1-2-3-4-15(19-9-7-18-8-10-19)12-5-6-13(16)14(17)11-12;;/h5-6,11,15,18H,2-4,7-10H2,1H3;2*1H/t15-;;/m0../s1. The lowest BCUT2D eigenvalue weighted by molar-refractivity contribution is 0.163. The summed E-state index contributed by atoms with van der Waals surface area (Å²) in [4.78, 5) is 2.63. The molecule has 1 aliphatic rings. The number of hydrogen-bond acceptors (Lipinski definition) is 2. The summed E-state index contributed by atoms with van der Waals surface area (Å²) >= 11 is 7.19. The van der Waals surface area contributed by atoms with Gasteiger partial charge in [-0.25, -0.2) is 0 Å². The average molecular weight is 463 g/mol. The van der Waals surface area contributed by atoms with Gasteiger partial charge in [0.25, 0.3) is 0 Å². The van der Waals surface area contributed by atoms with Crippen LogP contribution < -0.4 is 5.32 Å². The van der Waals surface area contributed by atoms with E-state index in [0.717, 1.165) is 35.1 Å². The van der Waals surface area contributed by atoms with Crippen LogP contribution in [0.4, 0.5) is 0 Å². The zero-order valence-electron chi connectivity index (χ0n) is 12.3.